The summed E-state index contributed by atoms with van der Waals surface area (Å²) >= 11 is 0. The number of carboxylic acids is 1. The predicted octanol–water partition coefficient (Wildman–Crippen LogP) is 2.00. The highest BCUT2D eigenvalue weighted by Crippen LogP contribution is 2.25. The van der Waals surface area contributed by atoms with Crippen molar-refractivity contribution in [2.75, 3.05) is 0 Å². The SMILES string of the molecule is O=C(O)c1cc(F)c(F)cc1-c1nc2ncncc2[nH]1. The van der Waals surface area contributed by atoms with Gasteiger partial charge in [0.05, 0.1) is 11.8 Å². The third kappa shape index (κ3) is 1.87. The Hall–Kier alpha value is -2.90. The first-order valence-corrected chi connectivity index (χ1v) is 5.44. The van der Waals surface area contributed by atoms with Gasteiger partial charge in [-0.05, 0) is 12.1 Å². The van der Waals surface area contributed by atoms with Gasteiger partial charge in [-0.3, -0.25) is 0 Å². The van der Waals surface area contributed by atoms with Gasteiger partial charge in [-0.25, -0.2) is 28.5 Å². The molecule has 0 aliphatic heterocycles. The van der Waals surface area contributed by atoms with Gasteiger partial charge in [0.15, 0.2) is 17.3 Å². The number of aromatic nitrogens is 4. The van der Waals surface area contributed by atoms with Crippen LogP contribution < -0.4 is 0 Å². The minimum atomic E-state index is -1.38. The molecule has 3 rings (SSSR count). The number of rotatable bonds is 2. The van der Waals surface area contributed by atoms with E-state index in [1.807, 2.05) is 0 Å². The van der Waals surface area contributed by atoms with Crippen molar-refractivity contribution in [1.82, 2.24) is 19.9 Å². The van der Waals surface area contributed by atoms with Crippen LogP contribution in [-0.2, 0) is 0 Å². The van der Waals surface area contributed by atoms with Crippen molar-refractivity contribution in [2.24, 2.45) is 0 Å². The lowest BCUT2D eigenvalue weighted by Gasteiger charge is -2.04. The van der Waals surface area contributed by atoms with E-state index in [-0.39, 0.29) is 11.4 Å². The van der Waals surface area contributed by atoms with Crippen molar-refractivity contribution in [3.63, 3.8) is 0 Å². The van der Waals surface area contributed by atoms with Crippen LogP contribution in [0.2, 0.25) is 0 Å². The van der Waals surface area contributed by atoms with Crippen LogP contribution in [0, 0.1) is 11.6 Å². The number of aromatic carboxylic acids is 1. The number of fused-ring (bicyclic) bond motifs is 1. The summed E-state index contributed by atoms with van der Waals surface area (Å²) in [4.78, 5) is 25.6. The molecule has 6 nitrogen and oxygen atoms in total. The molecule has 2 N–H and O–H groups in total. The van der Waals surface area contributed by atoms with E-state index < -0.39 is 23.2 Å². The lowest BCUT2D eigenvalue weighted by Crippen LogP contribution is -2.03. The number of nitrogens with zero attached hydrogens (tertiary/aromatic N) is 3. The number of benzene rings is 1. The minimum Gasteiger partial charge on any atom is -0.478 e. The number of nitrogens with one attached hydrogen (secondary N) is 1. The maximum atomic E-state index is 13.3. The zero-order valence-electron chi connectivity index (χ0n) is 9.76. The second-order valence-electron chi connectivity index (χ2n) is 3.96. The summed E-state index contributed by atoms with van der Waals surface area (Å²) in [5.74, 6) is -3.69. The van der Waals surface area contributed by atoms with Crippen LogP contribution in [0.4, 0.5) is 8.78 Å². The Morgan fingerprint density at radius 1 is 1.25 bits per heavy atom. The van der Waals surface area contributed by atoms with Crippen LogP contribution in [0.25, 0.3) is 22.6 Å². The van der Waals surface area contributed by atoms with Gasteiger partial charge in [0.25, 0.3) is 0 Å². The molecule has 0 saturated heterocycles. The highest BCUT2D eigenvalue weighted by molar-refractivity contribution is 5.95. The monoisotopic (exact) mass is 276 g/mol. The van der Waals surface area contributed by atoms with Crippen molar-refractivity contribution < 1.29 is 18.7 Å². The molecule has 0 spiro atoms. The lowest BCUT2D eigenvalue weighted by atomic mass is 10.1. The van der Waals surface area contributed by atoms with E-state index >= 15 is 0 Å². The Balaban J connectivity index is 2.27. The maximum absolute atomic E-state index is 13.3. The molecule has 1 aromatic carbocycles. The molecule has 0 radical (unpaired) electrons. The zero-order valence-corrected chi connectivity index (χ0v) is 9.76. The van der Waals surface area contributed by atoms with Crippen molar-refractivity contribution in [1.29, 1.82) is 0 Å². The normalized spacial score (nSPS) is 10.9. The number of H-pyrrole nitrogens is 1. The molecule has 0 fully saturated rings. The van der Waals surface area contributed by atoms with Crippen LogP contribution in [-0.4, -0.2) is 31.0 Å². The third-order valence-electron chi connectivity index (χ3n) is 2.71. The Bertz CT molecular complexity index is 798. The average molecular weight is 276 g/mol. The van der Waals surface area contributed by atoms with E-state index in [0.717, 1.165) is 6.07 Å². The van der Waals surface area contributed by atoms with Crippen molar-refractivity contribution in [2.45, 2.75) is 0 Å². The fourth-order valence-corrected chi connectivity index (χ4v) is 1.81. The molecule has 0 atom stereocenters. The molecule has 2 heterocycles. The second-order valence-corrected chi connectivity index (χ2v) is 3.96. The molecule has 0 bridgehead atoms. The number of carboxylic acid groups (broad SMARTS) is 1. The Morgan fingerprint density at radius 2 is 2.00 bits per heavy atom. The number of hydrogen-bond acceptors (Lipinski definition) is 4. The zero-order chi connectivity index (χ0) is 14.3. The number of hydrogen-bond donors (Lipinski definition) is 2. The van der Waals surface area contributed by atoms with Gasteiger partial charge in [0, 0.05) is 5.56 Å². The molecular weight excluding hydrogens is 270 g/mol. The predicted molar refractivity (Wildman–Crippen MR) is 64.0 cm³/mol. The molecule has 0 unspecified atom stereocenters. The molecule has 0 saturated carbocycles. The Kier molecular flexibility index (Phi) is 2.63. The van der Waals surface area contributed by atoms with E-state index in [1.165, 1.54) is 12.5 Å². The Morgan fingerprint density at radius 3 is 2.70 bits per heavy atom. The van der Waals surface area contributed by atoms with Crippen molar-refractivity contribution in [3.05, 3.63) is 41.9 Å². The fourth-order valence-electron chi connectivity index (χ4n) is 1.81. The number of halogens is 2. The summed E-state index contributed by atoms with van der Waals surface area (Å²) in [5, 5.41) is 9.06. The molecule has 2 aromatic heterocycles. The summed E-state index contributed by atoms with van der Waals surface area (Å²) in [6.07, 6.45) is 2.72. The summed E-state index contributed by atoms with van der Waals surface area (Å²) < 4.78 is 26.5. The maximum Gasteiger partial charge on any atom is 0.336 e. The van der Waals surface area contributed by atoms with Crippen LogP contribution >= 0.6 is 0 Å². The second kappa shape index (κ2) is 4.34. The molecule has 0 aliphatic carbocycles. The minimum absolute atomic E-state index is 0.0607. The molecule has 0 aliphatic rings. The average Bonchev–Trinajstić information content (AvgIpc) is 2.84. The van der Waals surface area contributed by atoms with Crippen LogP contribution in [0.15, 0.2) is 24.7 Å². The largest absolute Gasteiger partial charge is 0.478 e. The molecule has 100 valence electrons. The van der Waals surface area contributed by atoms with Gasteiger partial charge in [0.1, 0.15) is 17.7 Å². The molecule has 0 amide bonds. The standard InChI is InChI=1S/C12H6F2N4O2/c13-7-1-5(6(12(19)20)2-8(7)14)10-17-9-3-15-4-16-11(9)18-10/h1-4H,(H,19,20)(H,15,16,17,18). The summed E-state index contributed by atoms with van der Waals surface area (Å²) in [5.41, 5.74) is 0.310. The molecular formula is C12H6F2N4O2. The highest BCUT2D eigenvalue weighted by atomic mass is 19.2. The molecule has 8 heteroatoms. The van der Waals surface area contributed by atoms with E-state index in [9.17, 15) is 13.6 Å². The molecule has 20 heavy (non-hydrogen) atoms. The Labute approximate surface area is 110 Å². The number of aromatic amines is 1. The summed E-state index contributed by atoms with van der Waals surface area (Å²) in [7, 11) is 0. The van der Waals surface area contributed by atoms with Gasteiger partial charge in [-0.1, -0.05) is 0 Å². The first-order valence-electron chi connectivity index (χ1n) is 5.44. The van der Waals surface area contributed by atoms with Gasteiger partial charge < -0.3 is 10.1 Å². The van der Waals surface area contributed by atoms with E-state index in [4.69, 9.17) is 5.11 Å². The van der Waals surface area contributed by atoms with Gasteiger partial charge >= 0.3 is 5.97 Å². The topological polar surface area (TPSA) is 91.8 Å². The van der Waals surface area contributed by atoms with Gasteiger partial charge in [-0.2, -0.15) is 0 Å². The summed E-state index contributed by atoms with van der Waals surface area (Å²) in [6.45, 7) is 0. The van der Waals surface area contributed by atoms with E-state index in [0.29, 0.717) is 17.2 Å². The van der Waals surface area contributed by atoms with Crippen LogP contribution in [0.1, 0.15) is 10.4 Å². The molecule has 3 aromatic rings. The third-order valence-corrected chi connectivity index (χ3v) is 2.71. The quantitative estimate of drug-likeness (QED) is 0.746. The van der Waals surface area contributed by atoms with E-state index in [1.54, 1.807) is 0 Å². The van der Waals surface area contributed by atoms with Crippen LogP contribution in [0.5, 0.6) is 0 Å². The number of imidazole rings is 1. The fraction of sp³-hybridized carbons (Fsp3) is 0. The first kappa shape index (κ1) is 12.2. The smallest absolute Gasteiger partial charge is 0.336 e. The van der Waals surface area contributed by atoms with Gasteiger partial charge in [0.2, 0.25) is 0 Å². The first-order chi connectivity index (χ1) is 9.56. The van der Waals surface area contributed by atoms with Crippen LogP contribution in [0.3, 0.4) is 0 Å². The van der Waals surface area contributed by atoms with Crippen molar-refractivity contribution >= 4 is 17.1 Å². The van der Waals surface area contributed by atoms with Crippen molar-refractivity contribution in [3.8, 4) is 11.4 Å². The summed E-state index contributed by atoms with van der Waals surface area (Å²) in [6, 6.07) is 1.40. The van der Waals surface area contributed by atoms with Gasteiger partial charge in [-0.15, -0.1) is 0 Å². The number of carbonyl (C=O) groups is 1. The lowest BCUT2D eigenvalue weighted by molar-refractivity contribution is 0.0697. The highest BCUT2D eigenvalue weighted by Gasteiger charge is 2.19. The van der Waals surface area contributed by atoms with E-state index in [2.05, 4.69) is 19.9 Å².